The molecule has 0 aliphatic rings. The van der Waals surface area contributed by atoms with Gasteiger partial charge in [-0.15, -0.1) is 0 Å². The number of hydrogen-bond acceptors (Lipinski definition) is 4. The summed E-state index contributed by atoms with van der Waals surface area (Å²) < 4.78 is 7.28. The van der Waals surface area contributed by atoms with Crippen LogP contribution in [0.3, 0.4) is 0 Å². The number of aryl methyl sites for hydroxylation is 2. The molecule has 0 unspecified atom stereocenters. The minimum Gasteiger partial charge on any atom is -0.423 e. The monoisotopic (exact) mass is 373 g/mol. The molecule has 0 saturated carbocycles. The van der Waals surface area contributed by atoms with Crippen LogP contribution < -0.4 is 5.63 Å². The topological polar surface area (TPSA) is 51.3 Å². The number of para-hydroxylation sites is 1. The third-order valence-electron chi connectivity index (χ3n) is 4.99. The van der Waals surface area contributed by atoms with Crippen molar-refractivity contribution < 1.29 is 4.42 Å². The second-order valence-corrected chi connectivity index (χ2v) is 7.32. The summed E-state index contributed by atoms with van der Waals surface area (Å²) in [6.07, 6.45) is 3.92. The van der Waals surface area contributed by atoms with Crippen molar-refractivity contribution in [2.45, 2.75) is 26.9 Å². The van der Waals surface area contributed by atoms with Crippen molar-refractivity contribution in [1.82, 2.24) is 14.7 Å². The van der Waals surface area contributed by atoms with Gasteiger partial charge in [0.2, 0.25) is 0 Å². The van der Waals surface area contributed by atoms with Crippen LogP contribution in [0.4, 0.5) is 0 Å². The third-order valence-corrected chi connectivity index (χ3v) is 4.99. The highest BCUT2D eigenvalue weighted by molar-refractivity contribution is 5.81. The van der Waals surface area contributed by atoms with Gasteiger partial charge in [-0.1, -0.05) is 18.2 Å². The zero-order valence-electron chi connectivity index (χ0n) is 16.3. The molecule has 2 aromatic heterocycles. The average molecular weight is 373 g/mol. The van der Waals surface area contributed by atoms with Crippen LogP contribution in [0.2, 0.25) is 0 Å². The smallest absolute Gasteiger partial charge is 0.336 e. The fourth-order valence-electron chi connectivity index (χ4n) is 3.44. The SMILES string of the molecule is Cc1cc2oc(=O)cc(CN(C)Cc3cnn(-c4ccccc4)c3)c2cc1C. The van der Waals surface area contributed by atoms with E-state index >= 15 is 0 Å². The lowest BCUT2D eigenvalue weighted by Gasteiger charge is -2.17. The summed E-state index contributed by atoms with van der Waals surface area (Å²) in [5, 5.41) is 5.45. The molecule has 2 heterocycles. The van der Waals surface area contributed by atoms with E-state index < -0.39 is 0 Å². The van der Waals surface area contributed by atoms with E-state index in [-0.39, 0.29) is 5.63 Å². The van der Waals surface area contributed by atoms with Gasteiger partial charge < -0.3 is 4.42 Å². The molecule has 0 N–H and O–H groups in total. The quantitative estimate of drug-likeness (QED) is 0.491. The molecule has 0 aliphatic heterocycles. The highest BCUT2D eigenvalue weighted by atomic mass is 16.4. The number of hydrogen-bond donors (Lipinski definition) is 0. The minimum absolute atomic E-state index is 0.309. The van der Waals surface area contributed by atoms with Crippen molar-refractivity contribution >= 4 is 11.0 Å². The van der Waals surface area contributed by atoms with Gasteiger partial charge in [0.1, 0.15) is 5.58 Å². The number of benzene rings is 2. The van der Waals surface area contributed by atoms with Crippen LogP contribution in [0.1, 0.15) is 22.3 Å². The minimum atomic E-state index is -0.309. The summed E-state index contributed by atoms with van der Waals surface area (Å²) in [7, 11) is 2.04. The van der Waals surface area contributed by atoms with Crippen molar-refractivity contribution in [2.24, 2.45) is 0 Å². The first kappa shape index (κ1) is 18.2. The highest BCUT2D eigenvalue weighted by Crippen LogP contribution is 2.23. The fraction of sp³-hybridized carbons (Fsp3) is 0.217. The molecule has 0 saturated heterocycles. The Kier molecular flexibility index (Phi) is 4.84. The van der Waals surface area contributed by atoms with Crippen LogP contribution in [0.15, 0.2) is 70.1 Å². The second-order valence-electron chi connectivity index (χ2n) is 7.32. The van der Waals surface area contributed by atoms with E-state index in [1.807, 2.05) is 67.4 Å². The molecule has 4 aromatic rings. The Morgan fingerprint density at radius 1 is 1.04 bits per heavy atom. The molecular formula is C23H23N3O2. The van der Waals surface area contributed by atoms with Crippen molar-refractivity contribution in [3.05, 3.63) is 93.6 Å². The highest BCUT2D eigenvalue weighted by Gasteiger charge is 2.11. The van der Waals surface area contributed by atoms with E-state index in [4.69, 9.17) is 4.42 Å². The Morgan fingerprint density at radius 3 is 2.57 bits per heavy atom. The lowest BCUT2D eigenvalue weighted by atomic mass is 10.0. The van der Waals surface area contributed by atoms with Gasteiger partial charge in [0.25, 0.3) is 0 Å². The number of rotatable bonds is 5. The van der Waals surface area contributed by atoms with Gasteiger partial charge in [-0.3, -0.25) is 4.90 Å². The summed E-state index contributed by atoms with van der Waals surface area (Å²) in [4.78, 5) is 14.2. The van der Waals surface area contributed by atoms with Gasteiger partial charge >= 0.3 is 5.63 Å². The normalized spacial score (nSPS) is 11.4. The number of aromatic nitrogens is 2. The molecule has 5 nitrogen and oxygen atoms in total. The van der Waals surface area contributed by atoms with Crippen LogP contribution in [-0.2, 0) is 13.1 Å². The van der Waals surface area contributed by atoms with Crippen LogP contribution in [0.5, 0.6) is 0 Å². The lowest BCUT2D eigenvalue weighted by Crippen LogP contribution is -2.18. The Bertz CT molecular complexity index is 1180. The molecule has 0 atom stereocenters. The van der Waals surface area contributed by atoms with E-state index in [1.54, 1.807) is 6.07 Å². The molecule has 142 valence electrons. The van der Waals surface area contributed by atoms with Crippen molar-refractivity contribution in [3.8, 4) is 5.69 Å². The van der Waals surface area contributed by atoms with Crippen LogP contribution in [-0.4, -0.2) is 21.7 Å². The summed E-state index contributed by atoms with van der Waals surface area (Å²) in [6.45, 7) is 5.49. The molecule has 0 aliphatic carbocycles. The molecule has 5 heteroatoms. The van der Waals surface area contributed by atoms with Crippen molar-refractivity contribution in [2.75, 3.05) is 7.05 Å². The largest absolute Gasteiger partial charge is 0.423 e. The number of nitrogens with zero attached hydrogens (tertiary/aromatic N) is 3. The van der Waals surface area contributed by atoms with Gasteiger partial charge in [-0.05, 0) is 61.9 Å². The summed E-state index contributed by atoms with van der Waals surface area (Å²) >= 11 is 0. The maximum Gasteiger partial charge on any atom is 0.336 e. The van der Waals surface area contributed by atoms with Crippen LogP contribution in [0.25, 0.3) is 16.7 Å². The molecule has 0 bridgehead atoms. The fourth-order valence-corrected chi connectivity index (χ4v) is 3.44. The first-order valence-corrected chi connectivity index (χ1v) is 9.31. The summed E-state index contributed by atoms with van der Waals surface area (Å²) in [5.41, 5.74) is 5.78. The van der Waals surface area contributed by atoms with E-state index in [0.29, 0.717) is 12.1 Å². The molecule has 0 amide bonds. The maximum atomic E-state index is 12.0. The predicted octanol–water partition coefficient (Wildman–Crippen LogP) is 4.23. The van der Waals surface area contributed by atoms with Gasteiger partial charge in [0, 0.05) is 36.3 Å². The van der Waals surface area contributed by atoms with Crippen LogP contribution in [0, 0.1) is 13.8 Å². The molecule has 0 radical (unpaired) electrons. The third kappa shape index (κ3) is 3.75. The van der Waals surface area contributed by atoms with E-state index in [0.717, 1.165) is 34.3 Å². The van der Waals surface area contributed by atoms with Gasteiger partial charge in [-0.25, -0.2) is 9.48 Å². The van der Waals surface area contributed by atoms with Crippen LogP contribution >= 0.6 is 0 Å². The van der Waals surface area contributed by atoms with E-state index in [9.17, 15) is 4.79 Å². The first-order valence-electron chi connectivity index (χ1n) is 9.31. The molecular weight excluding hydrogens is 350 g/mol. The second kappa shape index (κ2) is 7.44. The molecule has 4 rings (SSSR count). The maximum absolute atomic E-state index is 12.0. The Labute approximate surface area is 163 Å². The Balaban J connectivity index is 1.56. The molecule has 0 fully saturated rings. The van der Waals surface area contributed by atoms with Gasteiger partial charge in [-0.2, -0.15) is 5.10 Å². The predicted molar refractivity (Wildman–Crippen MR) is 111 cm³/mol. The van der Waals surface area contributed by atoms with E-state index in [1.165, 1.54) is 5.56 Å². The average Bonchev–Trinajstić information content (AvgIpc) is 3.12. The Hall–Kier alpha value is -3.18. The molecule has 2 aromatic carbocycles. The van der Waals surface area contributed by atoms with Gasteiger partial charge in [0.15, 0.2) is 0 Å². The zero-order valence-corrected chi connectivity index (χ0v) is 16.3. The Morgan fingerprint density at radius 2 is 1.79 bits per heavy atom. The van der Waals surface area contributed by atoms with Crippen molar-refractivity contribution in [1.29, 1.82) is 0 Å². The molecule has 0 spiro atoms. The molecule has 28 heavy (non-hydrogen) atoms. The number of fused-ring (bicyclic) bond motifs is 1. The van der Waals surface area contributed by atoms with E-state index in [2.05, 4.69) is 23.0 Å². The lowest BCUT2D eigenvalue weighted by molar-refractivity contribution is 0.319. The first-order chi connectivity index (χ1) is 13.5. The van der Waals surface area contributed by atoms with Crippen molar-refractivity contribution in [3.63, 3.8) is 0 Å². The summed E-state index contributed by atoms with van der Waals surface area (Å²) in [6, 6.07) is 15.7. The zero-order chi connectivity index (χ0) is 19.7. The summed E-state index contributed by atoms with van der Waals surface area (Å²) in [5.74, 6) is 0. The van der Waals surface area contributed by atoms with Gasteiger partial charge in [0.05, 0.1) is 11.9 Å². The standard InChI is InChI=1S/C23H23N3O2/c1-16-9-21-19(11-23(27)28-22(21)10-17(16)2)15-25(3)13-18-12-24-26(14-18)20-7-5-4-6-8-20/h4-12,14H,13,15H2,1-3H3.